The van der Waals surface area contributed by atoms with Crippen LogP contribution in [0.2, 0.25) is 0 Å². The number of para-hydroxylation sites is 2. The second-order valence-electron chi connectivity index (χ2n) is 5.81. The van der Waals surface area contributed by atoms with Gasteiger partial charge < -0.3 is 10.2 Å². The number of aryl methyl sites for hydroxylation is 1. The number of aromatic nitrogens is 2. The predicted octanol–water partition coefficient (Wildman–Crippen LogP) is 1.55. The number of hydrogen-bond donors (Lipinski definition) is 1. The molecule has 24 heavy (non-hydrogen) atoms. The molecular formula is C18H26N4O2. The van der Waals surface area contributed by atoms with Crippen molar-refractivity contribution >= 4 is 16.9 Å². The minimum absolute atomic E-state index is 0.0218. The van der Waals surface area contributed by atoms with Gasteiger partial charge in [0.15, 0.2) is 0 Å². The highest BCUT2D eigenvalue weighted by Gasteiger charge is 2.11. The zero-order valence-electron chi connectivity index (χ0n) is 14.7. The number of rotatable bonds is 8. The topological polar surface area (TPSA) is 67.2 Å². The Balaban J connectivity index is 2.01. The zero-order chi connectivity index (χ0) is 17.5. The number of fused-ring (bicyclic) bond motifs is 1. The lowest BCUT2D eigenvalue weighted by Gasteiger charge is -2.17. The zero-order valence-corrected chi connectivity index (χ0v) is 14.7. The molecular weight excluding hydrogens is 304 g/mol. The second kappa shape index (κ2) is 8.59. The van der Waals surface area contributed by atoms with Crippen LogP contribution >= 0.6 is 0 Å². The van der Waals surface area contributed by atoms with Crippen LogP contribution < -0.4 is 10.9 Å². The van der Waals surface area contributed by atoms with Crippen LogP contribution in [0.1, 0.15) is 26.0 Å². The lowest BCUT2D eigenvalue weighted by Crippen LogP contribution is -2.35. The number of nitrogens with one attached hydrogen (secondary N) is 1. The maximum absolute atomic E-state index is 12.3. The minimum Gasteiger partial charge on any atom is -0.355 e. The van der Waals surface area contributed by atoms with E-state index >= 15 is 0 Å². The smallest absolute Gasteiger partial charge is 0.272 e. The van der Waals surface area contributed by atoms with Crippen molar-refractivity contribution in [3.63, 3.8) is 0 Å². The highest BCUT2D eigenvalue weighted by atomic mass is 16.2. The normalized spacial score (nSPS) is 11.2. The molecule has 0 aliphatic heterocycles. The first-order valence-electron chi connectivity index (χ1n) is 8.52. The summed E-state index contributed by atoms with van der Waals surface area (Å²) in [6.45, 7) is 9.57. The quantitative estimate of drug-likeness (QED) is 0.746. The first-order chi connectivity index (χ1) is 11.6. The van der Waals surface area contributed by atoms with Crippen molar-refractivity contribution in [2.45, 2.75) is 33.7 Å². The summed E-state index contributed by atoms with van der Waals surface area (Å²) in [6.07, 6.45) is 0.901. The van der Waals surface area contributed by atoms with Gasteiger partial charge in [0.1, 0.15) is 12.2 Å². The molecule has 1 aromatic heterocycles. The van der Waals surface area contributed by atoms with E-state index in [4.69, 9.17) is 0 Å². The number of benzene rings is 1. The van der Waals surface area contributed by atoms with Crippen molar-refractivity contribution < 1.29 is 4.79 Å². The molecule has 1 amide bonds. The summed E-state index contributed by atoms with van der Waals surface area (Å²) in [5, 5.41) is 2.90. The van der Waals surface area contributed by atoms with Crippen LogP contribution in [0.5, 0.6) is 0 Å². The van der Waals surface area contributed by atoms with Crippen molar-refractivity contribution in [1.82, 2.24) is 19.8 Å². The Hall–Kier alpha value is -2.21. The Labute approximate surface area is 142 Å². The average Bonchev–Trinajstić information content (AvgIpc) is 2.59. The fraction of sp³-hybridized carbons (Fsp3) is 0.500. The summed E-state index contributed by atoms with van der Waals surface area (Å²) in [4.78, 5) is 31.1. The maximum atomic E-state index is 12.3. The van der Waals surface area contributed by atoms with E-state index in [-0.39, 0.29) is 18.0 Å². The number of amides is 1. The molecule has 0 aliphatic carbocycles. The van der Waals surface area contributed by atoms with Gasteiger partial charge >= 0.3 is 0 Å². The lowest BCUT2D eigenvalue weighted by molar-refractivity contribution is -0.121. The number of carbonyl (C=O) groups is 1. The van der Waals surface area contributed by atoms with Crippen LogP contribution in [0.15, 0.2) is 29.1 Å². The van der Waals surface area contributed by atoms with Gasteiger partial charge in [0, 0.05) is 6.54 Å². The van der Waals surface area contributed by atoms with Gasteiger partial charge in [-0.25, -0.2) is 4.98 Å². The first kappa shape index (κ1) is 18.1. The van der Waals surface area contributed by atoms with Crippen molar-refractivity contribution in [1.29, 1.82) is 0 Å². The highest BCUT2D eigenvalue weighted by molar-refractivity contribution is 5.80. The molecule has 1 heterocycles. The van der Waals surface area contributed by atoms with E-state index in [0.717, 1.165) is 31.6 Å². The van der Waals surface area contributed by atoms with E-state index < -0.39 is 0 Å². The molecule has 6 nitrogen and oxygen atoms in total. The highest BCUT2D eigenvalue weighted by Crippen LogP contribution is 2.09. The molecule has 1 N–H and O–H groups in total. The van der Waals surface area contributed by atoms with E-state index in [1.165, 1.54) is 4.57 Å². The van der Waals surface area contributed by atoms with Gasteiger partial charge in [0.05, 0.1) is 11.0 Å². The lowest BCUT2D eigenvalue weighted by atomic mass is 10.2. The monoisotopic (exact) mass is 330 g/mol. The Morgan fingerprint density at radius 3 is 2.67 bits per heavy atom. The van der Waals surface area contributed by atoms with Crippen molar-refractivity contribution in [2.24, 2.45) is 0 Å². The molecule has 2 rings (SSSR count). The van der Waals surface area contributed by atoms with Crippen LogP contribution in [0.25, 0.3) is 11.0 Å². The third-order valence-corrected chi connectivity index (χ3v) is 4.18. The number of hydrogen-bond acceptors (Lipinski definition) is 4. The molecule has 6 heteroatoms. The fourth-order valence-corrected chi connectivity index (χ4v) is 2.75. The van der Waals surface area contributed by atoms with E-state index in [2.05, 4.69) is 29.0 Å². The van der Waals surface area contributed by atoms with Crippen LogP contribution in [0.3, 0.4) is 0 Å². The summed E-state index contributed by atoms with van der Waals surface area (Å²) >= 11 is 0. The van der Waals surface area contributed by atoms with Crippen LogP contribution in [-0.4, -0.2) is 46.5 Å². The van der Waals surface area contributed by atoms with Crippen molar-refractivity contribution in [2.75, 3.05) is 26.2 Å². The molecule has 1 aromatic carbocycles. The minimum atomic E-state index is -0.216. The molecule has 0 spiro atoms. The van der Waals surface area contributed by atoms with Gasteiger partial charge in [-0.15, -0.1) is 0 Å². The molecule has 0 fully saturated rings. The Bertz CT molecular complexity index is 750. The summed E-state index contributed by atoms with van der Waals surface area (Å²) in [5.41, 5.74) is 1.60. The summed E-state index contributed by atoms with van der Waals surface area (Å²) < 4.78 is 1.50. The molecule has 0 bridgehead atoms. The van der Waals surface area contributed by atoms with Gasteiger partial charge in [-0.3, -0.25) is 14.2 Å². The van der Waals surface area contributed by atoms with E-state index in [1.807, 2.05) is 24.3 Å². The van der Waals surface area contributed by atoms with Gasteiger partial charge in [0.25, 0.3) is 5.56 Å². The summed E-state index contributed by atoms with van der Waals surface area (Å²) in [6, 6.07) is 7.38. The maximum Gasteiger partial charge on any atom is 0.272 e. The van der Waals surface area contributed by atoms with Crippen LogP contribution in [0, 0.1) is 6.92 Å². The Morgan fingerprint density at radius 1 is 1.25 bits per heavy atom. The van der Waals surface area contributed by atoms with Crippen molar-refractivity contribution in [3.8, 4) is 0 Å². The molecule has 0 atom stereocenters. The van der Waals surface area contributed by atoms with Crippen LogP contribution in [0.4, 0.5) is 0 Å². The van der Waals surface area contributed by atoms with Crippen LogP contribution in [-0.2, 0) is 11.3 Å². The van der Waals surface area contributed by atoms with E-state index in [1.54, 1.807) is 6.92 Å². The molecule has 0 unspecified atom stereocenters. The first-order valence-corrected chi connectivity index (χ1v) is 8.52. The SMILES string of the molecule is CCN(CC)CCCNC(=O)Cn1c(=O)c(C)nc2ccccc21. The second-order valence-corrected chi connectivity index (χ2v) is 5.81. The Kier molecular flexibility index (Phi) is 6.49. The largest absolute Gasteiger partial charge is 0.355 e. The average molecular weight is 330 g/mol. The molecule has 2 aromatic rings. The molecule has 0 radical (unpaired) electrons. The van der Waals surface area contributed by atoms with E-state index in [9.17, 15) is 9.59 Å². The number of carbonyl (C=O) groups excluding carboxylic acids is 1. The van der Waals surface area contributed by atoms with Gasteiger partial charge in [-0.2, -0.15) is 0 Å². The summed E-state index contributed by atoms with van der Waals surface area (Å²) in [7, 11) is 0. The predicted molar refractivity (Wildman–Crippen MR) is 96.2 cm³/mol. The third-order valence-electron chi connectivity index (χ3n) is 4.18. The molecule has 0 aliphatic rings. The Morgan fingerprint density at radius 2 is 1.96 bits per heavy atom. The third kappa shape index (κ3) is 4.41. The molecule has 130 valence electrons. The summed E-state index contributed by atoms with van der Waals surface area (Å²) in [5.74, 6) is -0.146. The standard InChI is InChI=1S/C18H26N4O2/c1-4-21(5-2)12-8-11-19-17(23)13-22-16-10-7-6-9-15(16)20-14(3)18(22)24/h6-7,9-10H,4-5,8,11-13H2,1-3H3,(H,19,23). The van der Waals surface area contributed by atoms with Crippen molar-refractivity contribution in [3.05, 3.63) is 40.3 Å². The fourth-order valence-electron chi connectivity index (χ4n) is 2.75. The van der Waals surface area contributed by atoms with Gasteiger partial charge in [-0.05, 0) is 45.1 Å². The molecule has 0 saturated heterocycles. The molecule has 0 saturated carbocycles. The number of nitrogens with zero attached hydrogens (tertiary/aromatic N) is 3. The van der Waals surface area contributed by atoms with Gasteiger partial charge in [-0.1, -0.05) is 26.0 Å². The van der Waals surface area contributed by atoms with E-state index in [0.29, 0.717) is 17.8 Å². The van der Waals surface area contributed by atoms with Gasteiger partial charge in [0.2, 0.25) is 5.91 Å².